The average molecular weight is 324 g/mol. The number of hydrazone groups is 1. The van der Waals surface area contributed by atoms with E-state index in [0.717, 1.165) is 16.0 Å². The van der Waals surface area contributed by atoms with E-state index < -0.39 is 10.0 Å². The third kappa shape index (κ3) is 3.62. The van der Waals surface area contributed by atoms with Gasteiger partial charge in [0.1, 0.15) is 10.6 Å². The number of methoxy groups -OCH3 is 1. The first kappa shape index (κ1) is 15.5. The van der Waals surface area contributed by atoms with E-state index in [9.17, 15) is 8.42 Å². The molecule has 2 aromatic rings. The third-order valence-corrected chi connectivity index (χ3v) is 5.06. The highest BCUT2D eigenvalue weighted by atomic mass is 32.2. The molecule has 0 amide bonds. The lowest BCUT2D eigenvalue weighted by atomic mass is 10.2. The fourth-order valence-corrected chi connectivity index (χ4v) is 3.55. The van der Waals surface area contributed by atoms with Crippen LogP contribution in [0, 0.1) is 13.8 Å². The molecule has 0 fully saturated rings. The summed E-state index contributed by atoms with van der Waals surface area (Å²) in [6.07, 6.45) is 1.50. The van der Waals surface area contributed by atoms with Crippen LogP contribution in [0.25, 0.3) is 0 Å². The number of rotatable bonds is 5. The lowest BCUT2D eigenvalue weighted by molar-refractivity contribution is 0.402. The number of hydrogen-bond acceptors (Lipinski definition) is 5. The van der Waals surface area contributed by atoms with E-state index >= 15 is 0 Å². The number of nitrogens with zero attached hydrogens (tertiary/aromatic N) is 1. The van der Waals surface area contributed by atoms with Crippen molar-refractivity contribution in [2.45, 2.75) is 18.7 Å². The van der Waals surface area contributed by atoms with Gasteiger partial charge in [-0.1, -0.05) is 6.07 Å². The Balaban J connectivity index is 2.25. The van der Waals surface area contributed by atoms with Crippen molar-refractivity contribution in [2.24, 2.45) is 5.10 Å². The van der Waals surface area contributed by atoms with Crippen molar-refractivity contribution in [1.29, 1.82) is 0 Å². The number of nitrogens with one attached hydrogen (secondary N) is 1. The van der Waals surface area contributed by atoms with Crippen LogP contribution in [0.2, 0.25) is 0 Å². The summed E-state index contributed by atoms with van der Waals surface area (Å²) >= 11 is 1.50. The second kappa shape index (κ2) is 6.28. The van der Waals surface area contributed by atoms with Crippen LogP contribution in [0.5, 0.6) is 5.75 Å². The van der Waals surface area contributed by atoms with E-state index in [-0.39, 0.29) is 10.6 Å². The molecule has 21 heavy (non-hydrogen) atoms. The highest BCUT2D eigenvalue weighted by Crippen LogP contribution is 2.24. The minimum absolute atomic E-state index is 0.0741. The fourth-order valence-electron chi connectivity index (χ4n) is 1.71. The van der Waals surface area contributed by atoms with Crippen molar-refractivity contribution in [3.05, 3.63) is 45.6 Å². The molecule has 5 nitrogen and oxygen atoms in total. The Morgan fingerprint density at radius 3 is 2.67 bits per heavy atom. The summed E-state index contributed by atoms with van der Waals surface area (Å²) in [7, 11) is -2.33. The van der Waals surface area contributed by atoms with Gasteiger partial charge in [-0.15, -0.1) is 11.3 Å². The molecule has 0 aliphatic heterocycles. The summed E-state index contributed by atoms with van der Waals surface area (Å²) in [6, 6.07) is 6.91. The van der Waals surface area contributed by atoms with Gasteiger partial charge in [-0.3, -0.25) is 0 Å². The van der Waals surface area contributed by atoms with Crippen LogP contribution in [-0.2, 0) is 10.0 Å². The first-order valence-corrected chi connectivity index (χ1v) is 8.54. The Hall–Kier alpha value is -1.86. The number of ether oxygens (including phenoxy) is 1. The smallest absolute Gasteiger partial charge is 0.280 e. The first-order chi connectivity index (χ1) is 9.94. The van der Waals surface area contributed by atoms with Crippen LogP contribution >= 0.6 is 11.3 Å². The van der Waals surface area contributed by atoms with Crippen molar-refractivity contribution in [1.82, 2.24) is 4.83 Å². The highest BCUT2D eigenvalue weighted by Gasteiger charge is 2.18. The Labute approximate surface area is 128 Å². The maximum absolute atomic E-state index is 12.3. The minimum Gasteiger partial charge on any atom is -0.495 e. The normalized spacial score (nSPS) is 11.8. The monoisotopic (exact) mass is 324 g/mol. The van der Waals surface area contributed by atoms with Crippen LogP contribution < -0.4 is 9.57 Å². The van der Waals surface area contributed by atoms with Crippen LogP contribution in [0.1, 0.15) is 16.0 Å². The van der Waals surface area contributed by atoms with Crippen LogP contribution in [0.4, 0.5) is 0 Å². The molecule has 1 aromatic heterocycles. The van der Waals surface area contributed by atoms with Crippen LogP contribution in [-0.4, -0.2) is 21.7 Å². The maximum atomic E-state index is 12.3. The predicted octanol–water partition coefficient (Wildman–Crippen LogP) is 2.69. The SMILES string of the molecule is COc1ccc(C)cc1S(=O)(=O)N/N=C/c1sccc1C. The zero-order chi connectivity index (χ0) is 15.5. The molecule has 0 saturated heterocycles. The molecule has 0 atom stereocenters. The van der Waals surface area contributed by atoms with Crippen molar-refractivity contribution in [2.75, 3.05) is 7.11 Å². The van der Waals surface area contributed by atoms with E-state index in [0.29, 0.717) is 0 Å². The zero-order valence-corrected chi connectivity index (χ0v) is 13.6. The highest BCUT2D eigenvalue weighted by molar-refractivity contribution is 7.89. The quantitative estimate of drug-likeness (QED) is 0.679. The van der Waals surface area contributed by atoms with Gasteiger partial charge >= 0.3 is 0 Å². The molecule has 1 N–H and O–H groups in total. The largest absolute Gasteiger partial charge is 0.495 e. The molecule has 7 heteroatoms. The lowest BCUT2D eigenvalue weighted by Gasteiger charge is -2.09. The summed E-state index contributed by atoms with van der Waals surface area (Å²) < 4.78 is 29.6. The second-order valence-electron chi connectivity index (χ2n) is 4.48. The van der Waals surface area contributed by atoms with Gasteiger partial charge < -0.3 is 4.74 Å². The van der Waals surface area contributed by atoms with Gasteiger partial charge in [0, 0.05) is 0 Å². The summed E-state index contributed by atoms with van der Waals surface area (Å²) in [5.74, 6) is 0.288. The van der Waals surface area contributed by atoms with E-state index in [1.165, 1.54) is 24.7 Å². The molecule has 0 spiro atoms. The number of thiophene rings is 1. The summed E-state index contributed by atoms with van der Waals surface area (Å²) in [6.45, 7) is 3.76. The van der Waals surface area contributed by atoms with Gasteiger partial charge in [0.2, 0.25) is 0 Å². The van der Waals surface area contributed by atoms with Crippen LogP contribution in [0.3, 0.4) is 0 Å². The number of sulfonamides is 1. The second-order valence-corrected chi connectivity index (χ2v) is 7.05. The fraction of sp³-hybridized carbons (Fsp3) is 0.214. The van der Waals surface area contributed by atoms with E-state index in [2.05, 4.69) is 9.93 Å². The Kier molecular flexibility index (Phi) is 4.64. The minimum atomic E-state index is -3.76. The van der Waals surface area contributed by atoms with Gasteiger partial charge in [-0.05, 0) is 48.6 Å². The molecule has 112 valence electrons. The molecule has 2 rings (SSSR count). The van der Waals surface area contributed by atoms with Crippen LogP contribution in [0.15, 0.2) is 39.6 Å². The van der Waals surface area contributed by atoms with E-state index in [1.807, 2.05) is 25.3 Å². The number of hydrogen-bond donors (Lipinski definition) is 1. The van der Waals surface area contributed by atoms with Crippen molar-refractivity contribution in [3.8, 4) is 5.75 Å². The van der Waals surface area contributed by atoms with E-state index in [1.54, 1.807) is 18.2 Å². The average Bonchev–Trinajstić information content (AvgIpc) is 2.84. The third-order valence-electron chi connectivity index (χ3n) is 2.87. The van der Waals surface area contributed by atoms with Gasteiger partial charge in [-0.25, -0.2) is 0 Å². The Morgan fingerprint density at radius 1 is 1.29 bits per heavy atom. The van der Waals surface area contributed by atoms with Crippen molar-refractivity contribution >= 4 is 27.6 Å². The number of aryl methyl sites for hydroxylation is 2. The predicted molar refractivity (Wildman–Crippen MR) is 84.7 cm³/mol. The molecule has 0 bridgehead atoms. The molecular weight excluding hydrogens is 308 g/mol. The zero-order valence-electron chi connectivity index (χ0n) is 12.0. The standard InChI is InChI=1S/C14H16N2O3S2/c1-10-4-5-12(19-3)14(8-10)21(17,18)16-15-9-13-11(2)6-7-20-13/h4-9,16H,1-3H3/b15-9+. The maximum Gasteiger partial charge on any atom is 0.280 e. The van der Waals surface area contributed by atoms with Crippen molar-refractivity contribution < 1.29 is 13.2 Å². The molecule has 1 aromatic carbocycles. The Morgan fingerprint density at radius 2 is 2.05 bits per heavy atom. The summed E-state index contributed by atoms with van der Waals surface area (Å²) in [5.41, 5.74) is 1.88. The lowest BCUT2D eigenvalue weighted by Crippen LogP contribution is -2.19. The molecule has 0 aliphatic carbocycles. The molecule has 0 aliphatic rings. The molecule has 0 unspecified atom stereocenters. The summed E-state index contributed by atoms with van der Waals surface area (Å²) in [4.78, 5) is 3.20. The Bertz CT molecular complexity index is 764. The molecule has 0 saturated carbocycles. The van der Waals surface area contributed by atoms with Gasteiger partial charge in [0.15, 0.2) is 0 Å². The van der Waals surface area contributed by atoms with Crippen molar-refractivity contribution in [3.63, 3.8) is 0 Å². The number of benzene rings is 1. The van der Waals surface area contributed by atoms with Gasteiger partial charge in [0.05, 0.1) is 18.2 Å². The molecule has 1 heterocycles. The summed E-state index contributed by atoms with van der Waals surface area (Å²) in [5, 5.41) is 5.75. The van der Waals surface area contributed by atoms with Gasteiger partial charge in [0.25, 0.3) is 10.0 Å². The van der Waals surface area contributed by atoms with E-state index in [4.69, 9.17) is 4.74 Å². The van der Waals surface area contributed by atoms with Gasteiger partial charge in [-0.2, -0.15) is 18.4 Å². The topological polar surface area (TPSA) is 67.8 Å². The molecular formula is C14H16N2O3S2. The molecule has 0 radical (unpaired) electrons. The first-order valence-electron chi connectivity index (χ1n) is 6.17.